The summed E-state index contributed by atoms with van der Waals surface area (Å²) in [5.41, 5.74) is 4.75. The first kappa shape index (κ1) is 26.8. The van der Waals surface area contributed by atoms with Gasteiger partial charge in [-0.1, -0.05) is 23.7 Å². The Balaban J connectivity index is 1.28. The number of morpholine rings is 1. The molecular weight excluding hydrogens is 528 g/mol. The van der Waals surface area contributed by atoms with E-state index in [-0.39, 0.29) is 12.1 Å². The minimum Gasteiger partial charge on any atom is -0.468 e. The Labute approximate surface area is 240 Å². The van der Waals surface area contributed by atoms with Gasteiger partial charge in [-0.15, -0.1) is 0 Å². The van der Waals surface area contributed by atoms with Gasteiger partial charge in [0, 0.05) is 13.1 Å². The molecule has 1 aromatic heterocycles. The first-order valence-electron chi connectivity index (χ1n) is 13.9. The molecule has 2 saturated heterocycles. The van der Waals surface area contributed by atoms with Gasteiger partial charge >= 0.3 is 0 Å². The summed E-state index contributed by atoms with van der Waals surface area (Å²) in [5.74, 6) is 2.23. The van der Waals surface area contributed by atoms with Gasteiger partial charge in [0.15, 0.2) is 12.0 Å². The third-order valence-electron chi connectivity index (χ3n) is 8.08. The molecule has 9 nitrogen and oxygen atoms in total. The highest BCUT2D eigenvalue weighted by molar-refractivity contribution is 6.33. The number of piperidine rings is 1. The highest BCUT2D eigenvalue weighted by Crippen LogP contribution is 2.45. The molecule has 1 atom stereocenters. The van der Waals surface area contributed by atoms with Gasteiger partial charge in [0.2, 0.25) is 5.95 Å². The zero-order valence-electron chi connectivity index (χ0n) is 23.2. The number of fused-ring (bicyclic) bond motifs is 1. The SMILES string of the molecule is Cc1cc2c(cc1C1CCN(C)CC1)OC(C)N2c1ncc(Cl)c(Nc2ccccc2C(=O)N2CCOCC2)n1. The molecule has 10 heteroatoms. The number of amides is 1. The second-order valence-electron chi connectivity index (χ2n) is 10.8. The lowest BCUT2D eigenvalue weighted by Gasteiger charge is -2.30. The summed E-state index contributed by atoms with van der Waals surface area (Å²) in [6.45, 7) is 8.60. The van der Waals surface area contributed by atoms with E-state index in [0.29, 0.717) is 60.3 Å². The number of hydrogen-bond donors (Lipinski definition) is 1. The molecule has 1 unspecified atom stereocenters. The lowest BCUT2D eigenvalue weighted by molar-refractivity contribution is 0.0303. The monoisotopic (exact) mass is 562 g/mol. The summed E-state index contributed by atoms with van der Waals surface area (Å²) in [5, 5.41) is 3.66. The number of carbonyl (C=O) groups is 1. The summed E-state index contributed by atoms with van der Waals surface area (Å²) < 4.78 is 11.7. The molecule has 0 bridgehead atoms. The minimum atomic E-state index is -0.286. The van der Waals surface area contributed by atoms with Crippen LogP contribution in [0.4, 0.5) is 23.1 Å². The van der Waals surface area contributed by atoms with Gasteiger partial charge in [0.05, 0.1) is 36.3 Å². The van der Waals surface area contributed by atoms with Crippen LogP contribution in [0, 0.1) is 6.92 Å². The predicted octanol–water partition coefficient (Wildman–Crippen LogP) is 5.34. The van der Waals surface area contributed by atoms with Crippen LogP contribution in [-0.4, -0.2) is 78.3 Å². The molecule has 0 aliphatic carbocycles. The van der Waals surface area contributed by atoms with E-state index in [0.717, 1.165) is 37.4 Å². The number of para-hydroxylation sites is 1. The maximum atomic E-state index is 13.3. The smallest absolute Gasteiger partial charge is 0.256 e. The van der Waals surface area contributed by atoms with Crippen LogP contribution < -0.4 is 15.0 Å². The largest absolute Gasteiger partial charge is 0.468 e. The molecular formula is C30H35ClN6O3. The van der Waals surface area contributed by atoms with Crippen molar-refractivity contribution >= 4 is 40.6 Å². The van der Waals surface area contributed by atoms with Crippen molar-refractivity contribution < 1.29 is 14.3 Å². The second-order valence-corrected chi connectivity index (χ2v) is 11.2. The number of nitrogens with zero attached hydrogens (tertiary/aromatic N) is 5. The number of rotatable bonds is 5. The van der Waals surface area contributed by atoms with Gasteiger partial charge in [-0.25, -0.2) is 4.98 Å². The highest BCUT2D eigenvalue weighted by Gasteiger charge is 2.33. The number of carbonyl (C=O) groups excluding carboxylic acids is 1. The molecule has 1 amide bonds. The Bertz CT molecular complexity index is 1400. The van der Waals surface area contributed by atoms with Crippen LogP contribution in [0.25, 0.3) is 0 Å². The van der Waals surface area contributed by atoms with Crippen molar-refractivity contribution in [3.8, 4) is 5.75 Å². The van der Waals surface area contributed by atoms with E-state index < -0.39 is 0 Å². The van der Waals surface area contributed by atoms with Crippen molar-refractivity contribution in [1.29, 1.82) is 0 Å². The number of hydrogen-bond acceptors (Lipinski definition) is 8. The fourth-order valence-corrected chi connectivity index (χ4v) is 5.98. The third-order valence-corrected chi connectivity index (χ3v) is 8.36. The summed E-state index contributed by atoms with van der Waals surface area (Å²) >= 11 is 6.56. The van der Waals surface area contributed by atoms with Gasteiger partial charge in [0.25, 0.3) is 5.91 Å². The average Bonchev–Trinajstić information content (AvgIpc) is 3.29. The van der Waals surface area contributed by atoms with Crippen molar-refractivity contribution in [2.45, 2.75) is 38.8 Å². The third kappa shape index (κ3) is 5.21. The van der Waals surface area contributed by atoms with Crippen LogP contribution in [0.1, 0.15) is 47.2 Å². The molecule has 210 valence electrons. The number of halogens is 1. The molecule has 2 aromatic carbocycles. The van der Waals surface area contributed by atoms with Crippen molar-refractivity contribution in [2.24, 2.45) is 0 Å². The molecule has 0 spiro atoms. The summed E-state index contributed by atoms with van der Waals surface area (Å²) in [6, 6.07) is 11.8. The summed E-state index contributed by atoms with van der Waals surface area (Å²) in [7, 11) is 2.18. The maximum Gasteiger partial charge on any atom is 0.256 e. The fraction of sp³-hybridized carbons (Fsp3) is 0.433. The van der Waals surface area contributed by atoms with Crippen LogP contribution in [0.15, 0.2) is 42.6 Å². The Hall–Kier alpha value is -3.40. The minimum absolute atomic E-state index is 0.0526. The molecule has 3 aromatic rings. The molecule has 0 radical (unpaired) electrons. The summed E-state index contributed by atoms with van der Waals surface area (Å²) in [4.78, 5) is 28.8. The zero-order chi connectivity index (χ0) is 27.8. The van der Waals surface area contributed by atoms with Crippen LogP contribution in [-0.2, 0) is 4.74 Å². The molecule has 40 heavy (non-hydrogen) atoms. The van der Waals surface area contributed by atoms with E-state index in [1.807, 2.05) is 36.1 Å². The second kappa shape index (κ2) is 11.2. The maximum absolute atomic E-state index is 13.3. The van der Waals surface area contributed by atoms with E-state index >= 15 is 0 Å². The van der Waals surface area contributed by atoms with Gasteiger partial charge in [-0.2, -0.15) is 4.98 Å². The Morgan fingerprint density at radius 3 is 2.62 bits per heavy atom. The van der Waals surface area contributed by atoms with Crippen LogP contribution >= 0.6 is 11.6 Å². The van der Waals surface area contributed by atoms with Crippen LogP contribution in [0.3, 0.4) is 0 Å². The first-order chi connectivity index (χ1) is 19.4. The van der Waals surface area contributed by atoms with Gasteiger partial charge < -0.3 is 24.6 Å². The van der Waals surface area contributed by atoms with E-state index in [4.69, 9.17) is 26.1 Å². The van der Waals surface area contributed by atoms with Gasteiger partial charge in [0.1, 0.15) is 10.8 Å². The molecule has 1 N–H and O–H groups in total. The van der Waals surface area contributed by atoms with E-state index in [2.05, 4.69) is 41.3 Å². The van der Waals surface area contributed by atoms with Crippen LogP contribution in [0.5, 0.6) is 5.75 Å². The van der Waals surface area contributed by atoms with Crippen LogP contribution in [0.2, 0.25) is 5.02 Å². The lowest BCUT2D eigenvalue weighted by atomic mass is 9.86. The molecule has 2 fully saturated rings. The number of anilines is 4. The Morgan fingerprint density at radius 1 is 1.10 bits per heavy atom. The summed E-state index contributed by atoms with van der Waals surface area (Å²) in [6.07, 6.45) is 3.61. The zero-order valence-corrected chi connectivity index (χ0v) is 23.9. The predicted molar refractivity (Wildman–Crippen MR) is 156 cm³/mol. The van der Waals surface area contributed by atoms with Gasteiger partial charge in [-0.3, -0.25) is 9.69 Å². The fourth-order valence-electron chi connectivity index (χ4n) is 5.84. The molecule has 6 rings (SSSR count). The molecule has 3 aliphatic heterocycles. The topological polar surface area (TPSA) is 83.1 Å². The van der Waals surface area contributed by atoms with Gasteiger partial charge in [-0.05, 0) is 88.1 Å². The Kier molecular flexibility index (Phi) is 7.53. The lowest BCUT2D eigenvalue weighted by Crippen LogP contribution is -2.40. The number of aryl methyl sites for hydroxylation is 1. The Morgan fingerprint density at radius 2 is 1.85 bits per heavy atom. The standard InChI is InChI=1S/C30H35ClN6O3/c1-19-16-26-27(17-23(19)21-8-10-35(3)11-9-21)40-20(2)37(26)30-32-18-24(31)28(34-30)33-25-7-5-4-6-22(25)29(38)36-12-14-39-15-13-36/h4-7,16-18,20-21H,8-15H2,1-3H3,(H,32,33,34). The van der Waals surface area contributed by atoms with E-state index in [9.17, 15) is 4.79 Å². The van der Waals surface area contributed by atoms with E-state index in [1.165, 1.54) is 11.1 Å². The highest BCUT2D eigenvalue weighted by atomic mass is 35.5. The molecule has 0 saturated carbocycles. The number of benzene rings is 2. The first-order valence-corrected chi connectivity index (χ1v) is 14.3. The molecule has 4 heterocycles. The number of likely N-dealkylation sites (tertiary alicyclic amines) is 1. The average molecular weight is 563 g/mol. The van der Waals surface area contributed by atoms with Crippen molar-refractivity contribution in [3.05, 3.63) is 64.3 Å². The van der Waals surface area contributed by atoms with Crippen molar-refractivity contribution in [1.82, 2.24) is 19.8 Å². The number of ether oxygens (including phenoxy) is 2. The number of nitrogens with one attached hydrogen (secondary N) is 1. The van der Waals surface area contributed by atoms with Crippen molar-refractivity contribution in [2.75, 3.05) is 56.7 Å². The normalized spacial score (nSPS) is 19.9. The van der Waals surface area contributed by atoms with Crippen molar-refractivity contribution in [3.63, 3.8) is 0 Å². The van der Waals surface area contributed by atoms with E-state index in [1.54, 1.807) is 11.1 Å². The molecule has 3 aliphatic rings. The number of aromatic nitrogens is 2. The quantitative estimate of drug-likeness (QED) is 0.446.